The molecule has 0 amide bonds. The summed E-state index contributed by atoms with van der Waals surface area (Å²) in [6, 6.07) is 4.03. The van der Waals surface area contributed by atoms with E-state index in [1.807, 2.05) is 6.92 Å². The van der Waals surface area contributed by atoms with Crippen molar-refractivity contribution in [2.45, 2.75) is 25.2 Å². The topological polar surface area (TPSA) is 83.9 Å². The molecule has 0 spiro atoms. The molecule has 22 heavy (non-hydrogen) atoms. The minimum absolute atomic E-state index is 0.0292. The molecular formula is C14H18ClNO5S. The summed E-state index contributed by atoms with van der Waals surface area (Å²) >= 11 is 5.97. The molecule has 0 radical (unpaired) electrons. The molecule has 1 N–H and O–H groups in total. The van der Waals surface area contributed by atoms with Crippen LogP contribution in [0.2, 0.25) is 5.02 Å². The van der Waals surface area contributed by atoms with Gasteiger partial charge in [-0.2, -0.15) is 4.31 Å². The highest BCUT2D eigenvalue weighted by Crippen LogP contribution is 2.38. The minimum atomic E-state index is -3.58. The smallest absolute Gasteiger partial charge is 0.341 e. The highest BCUT2D eigenvalue weighted by Gasteiger charge is 2.43. The number of carboxylic acids is 1. The zero-order valence-electron chi connectivity index (χ0n) is 12.4. The molecule has 1 aliphatic heterocycles. The molecule has 6 nitrogen and oxygen atoms in total. The molecule has 1 saturated heterocycles. The van der Waals surface area contributed by atoms with Crippen LogP contribution in [0.25, 0.3) is 0 Å². The highest BCUT2D eigenvalue weighted by molar-refractivity contribution is 7.89. The third-order valence-electron chi connectivity index (χ3n) is 3.86. The Balaban J connectivity index is 2.16. The first kappa shape index (κ1) is 17.1. The number of hydrogen-bond donors (Lipinski definition) is 1. The van der Waals surface area contributed by atoms with E-state index in [4.69, 9.17) is 21.4 Å². The van der Waals surface area contributed by atoms with Crippen molar-refractivity contribution in [1.29, 1.82) is 0 Å². The fraction of sp³-hybridized carbons (Fsp3) is 0.500. The number of halogens is 1. The third-order valence-corrected chi connectivity index (χ3v) is 5.95. The Morgan fingerprint density at radius 1 is 1.45 bits per heavy atom. The quantitative estimate of drug-likeness (QED) is 0.853. The van der Waals surface area contributed by atoms with Crippen LogP contribution >= 0.6 is 11.6 Å². The maximum absolute atomic E-state index is 12.5. The van der Waals surface area contributed by atoms with E-state index >= 15 is 0 Å². The van der Waals surface area contributed by atoms with Gasteiger partial charge in [0.2, 0.25) is 10.0 Å². The van der Waals surface area contributed by atoms with Crippen molar-refractivity contribution < 1.29 is 23.1 Å². The molecule has 1 aromatic rings. The Morgan fingerprint density at radius 2 is 2.09 bits per heavy atom. The number of sulfonamides is 1. The van der Waals surface area contributed by atoms with Gasteiger partial charge in [0.15, 0.2) is 6.61 Å². The lowest BCUT2D eigenvalue weighted by atomic mass is 9.82. The van der Waals surface area contributed by atoms with E-state index in [2.05, 4.69) is 6.92 Å². The third kappa shape index (κ3) is 3.37. The SMILES string of the molecule is CCC1(C)CN(S(=O)(=O)c2ccc(OCC(=O)O)c(Cl)c2)C1. The summed E-state index contributed by atoms with van der Waals surface area (Å²) in [5, 5.41) is 8.63. The van der Waals surface area contributed by atoms with Crippen molar-refractivity contribution in [1.82, 2.24) is 4.31 Å². The average Bonchev–Trinajstić information content (AvgIpc) is 2.42. The van der Waals surface area contributed by atoms with E-state index in [1.165, 1.54) is 22.5 Å². The Bertz CT molecular complexity index is 682. The zero-order valence-corrected chi connectivity index (χ0v) is 13.9. The number of ether oxygens (including phenoxy) is 1. The van der Waals surface area contributed by atoms with Crippen LogP contribution in [-0.2, 0) is 14.8 Å². The maximum atomic E-state index is 12.5. The van der Waals surface area contributed by atoms with Gasteiger partial charge in [-0.1, -0.05) is 25.4 Å². The van der Waals surface area contributed by atoms with Crippen molar-refractivity contribution in [3.05, 3.63) is 23.2 Å². The number of carbonyl (C=O) groups is 1. The first-order valence-corrected chi connectivity index (χ1v) is 8.64. The molecule has 0 aromatic heterocycles. The van der Waals surface area contributed by atoms with E-state index in [9.17, 15) is 13.2 Å². The largest absolute Gasteiger partial charge is 0.480 e. The molecule has 0 bridgehead atoms. The monoisotopic (exact) mass is 347 g/mol. The van der Waals surface area contributed by atoms with E-state index in [0.717, 1.165) is 6.42 Å². The van der Waals surface area contributed by atoms with Gasteiger partial charge >= 0.3 is 5.97 Å². The molecule has 1 heterocycles. The molecule has 1 aliphatic rings. The molecule has 1 aromatic carbocycles. The van der Waals surface area contributed by atoms with Gasteiger partial charge in [0, 0.05) is 13.1 Å². The number of rotatable bonds is 6. The van der Waals surface area contributed by atoms with Crippen LogP contribution in [0.5, 0.6) is 5.75 Å². The fourth-order valence-corrected chi connectivity index (χ4v) is 4.31. The molecular weight excluding hydrogens is 330 g/mol. The molecule has 122 valence electrons. The molecule has 1 fully saturated rings. The van der Waals surface area contributed by atoms with E-state index < -0.39 is 22.6 Å². The summed E-state index contributed by atoms with van der Waals surface area (Å²) in [4.78, 5) is 10.5. The number of benzene rings is 1. The number of nitrogens with zero attached hydrogens (tertiary/aromatic N) is 1. The van der Waals surface area contributed by atoms with Gasteiger partial charge in [-0.05, 0) is 30.0 Å². The van der Waals surface area contributed by atoms with Gasteiger partial charge in [-0.3, -0.25) is 0 Å². The number of hydrogen-bond acceptors (Lipinski definition) is 4. The minimum Gasteiger partial charge on any atom is -0.480 e. The molecule has 2 rings (SSSR count). The van der Waals surface area contributed by atoms with Gasteiger partial charge in [0.25, 0.3) is 0 Å². The van der Waals surface area contributed by atoms with Crippen LogP contribution in [0.3, 0.4) is 0 Å². The summed E-state index contributed by atoms with van der Waals surface area (Å²) in [6.07, 6.45) is 0.918. The first-order valence-electron chi connectivity index (χ1n) is 6.82. The summed E-state index contributed by atoms with van der Waals surface area (Å²) in [7, 11) is -3.58. The van der Waals surface area contributed by atoms with Gasteiger partial charge in [-0.15, -0.1) is 0 Å². The first-order chi connectivity index (χ1) is 10.2. The highest BCUT2D eigenvalue weighted by atomic mass is 35.5. The predicted molar refractivity (Wildman–Crippen MR) is 81.7 cm³/mol. The Labute approximate surface area is 134 Å². The number of aliphatic carboxylic acids is 1. The Kier molecular flexibility index (Phi) is 4.70. The maximum Gasteiger partial charge on any atom is 0.341 e. The normalized spacial score (nSPS) is 17.8. The van der Waals surface area contributed by atoms with Crippen LogP contribution in [0.4, 0.5) is 0 Å². The van der Waals surface area contributed by atoms with E-state index in [-0.39, 0.29) is 21.1 Å². The summed E-state index contributed by atoms with van der Waals surface area (Å²) < 4.78 is 31.4. The predicted octanol–water partition coefficient (Wildman–Crippen LogP) is 2.22. The summed E-state index contributed by atoms with van der Waals surface area (Å²) in [6.45, 7) is 4.53. The lowest BCUT2D eigenvalue weighted by Crippen LogP contribution is -2.56. The van der Waals surface area contributed by atoms with Gasteiger partial charge in [0.05, 0.1) is 9.92 Å². The second-order valence-electron chi connectivity index (χ2n) is 5.71. The van der Waals surface area contributed by atoms with Crippen LogP contribution in [-0.4, -0.2) is 43.5 Å². The lowest BCUT2D eigenvalue weighted by molar-refractivity contribution is -0.139. The van der Waals surface area contributed by atoms with Gasteiger partial charge in [-0.25, -0.2) is 13.2 Å². The molecule has 0 atom stereocenters. The standard InChI is InChI=1S/C14H18ClNO5S/c1-3-14(2)8-16(9-14)22(19,20)10-4-5-12(11(15)6-10)21-7-13(17)18/h4-6H,3,7-9H2,1-2H3,(H,17,18). The second kappa shape index (κ2) is 6.06. The van der Waals surface area contributed by atoms with Crippen LogP contribution in [0.15, 0.2) is 23.1 Å². The van der Waals surface area contributed by atoms with E-state index in [0.29, 0.717) is 13.1 Å². The van der Waals surface area contributed by atoms with Crippen molar-refractivity contribution >= 4 is 27.6 Å². The Hall–Kier alpha value is -1.31. The van der Waals surface area contributed by atoms with Crippen LogP contribution in [0, 0.1) is 5.41 Å². The van der Waals surface area contributed by atoms with Crippen LogP contribution in [0.1, 0.15) is 20.3 Å². The van der Waals surface area contributed by atoms with Gasteiger partial charge in [0.1, 0.15) is 5.75 Å². The Morgan fingerprint density at radius 3 is 2.59 bits per heavy atom. The molecule has 0 aliphatic carbocycles. The van der Waals surface area contributed by atoms with Crippen molar-refractivity contribution in [3.63, 3.8) is 0 Å². The molecule has 0 saturated carbocycles. The van der Waals surface area contributed by atoms with Crippen LogP contribution < -0.4 is 4.74 Å². The molecule has 0 unspecified atom stereocenters. The second-order valence-corrected chi connectivity index (χ2v) is 8.06. The van der Waals surface area contributed by atoms with E-state index in [1.54, 1.807) is 0 Å². The molecule has 8 heteroatoms. The zero-order chi connectivity index (χ0) is 16.5. The van der Waals surface area contributed by atoms with Gasteiger partial charge < -0.3 is 9.84 Å². The number of carboxylic acid groups (broad SMARTS) is 1. The average molecular weight is 348 g/mol. The van der Waals surface area contributed by atoms with Crippen molar-refractivity contribution in [2.75, 3.05) is 19.7 Å². The van der Waals surface area contributed by atoms with Crippen molar-refractivity contribution in [3.8, 4) is 5.75 Å². The summed E-state index contributed by atoms with van der Waals surface area (Å²) in [5.41, 5.74) is 0.0292. The lowest BCUT2D eigenvalue weighted by Gasteiger charge is -2.46. The van der Waals surface area contributed by atoms with Crippen molar-refractivity contribution in [2.24, 2.45) is 5.41 Å². The summed E-state index contributed by atoms with van der Waals surface area (Å²) in [5.74, 6) is -0.989. The fourth-order valence-electron chi connectivity index (χ4n) is 2.25.